The minimum absolute atomic E-state index is 0.365. The van der Waals surface area contributed by atoms with Crippen LogP contribution in [0.4, 0.5) is 0 Å². The number of aromatic amines is 1. The fourth-order valence-corrected chi connectivity index (χ4v) is 2.18. The van der Waals surface area contributed by atoms with E-state index in [0.717, 1.165) is 29.7 Å². The molecule has 92 valence electrons. The number of aromatic nitrogens is 2. The standard InChI is InChI=1S/C14H21N3/c1-5-6-14(4,15)13-16-11-7-9(2)10(3)8-12(11)17-13/h7-8H,5-6,15H2,1-4H3,(H,16,17). The van der Waals surface area contributed by atoms with E-state index in [9.17, 15) is 0 Å². The number of aryl methyl sites for hydroxylation is 2. The third-order valence-corrected chi connectivity index (χ3v) is 3.41. The molecule has 0 aliphatic rings. The summed E-state index contributed by atoms with van der Waals surface area (Å²) in [4.78, 5) is 7.98. The number of nitrogens with two attached hydrogens (primary N) is 1. The Morgan fingerprint density at radius 1 is 1.29 bits per heavy atom. The van der Waals surface area contributed by atoms with Gasteiger partial charge in [-0.2, -0.15) is 0 Å². The summed E-state index contributed by atoms with van der Waals surface area (Å²) in [6, 6.07) is 4.26. The normalized spacial score (nSPS) is 15.1. The number of H-pyrrole nitrogens is 1. The van der Waals surface area contributed by atoms with Gasteiger partial charge < -0.3 is 10.7 Å². The number of nitrogens with one attached hydrogen (secondary N) is 1. The van der Waals surface area contributed by atoms with Gasteiger partial charge in [-0.1, -0.05) is 13.3 Å². The van der Waals surface area contributed by atoms with Gasteiger partial charge in [0.1, 0.15) is 5.82 Å². The Morgan fingerprint density at radius 3 is 2.59 bits per heavy atom. The quantitative estimate of drug-likeness (QED) is 0.852. The molecule has 2 rings (SSSR count). The van der Waals surface area contributed by atoms with Gasteiger partial charge in [-0.15, -0.1) is 0 Å². The lowest BCUT2D eigenvalue weighted by Crippen LogP contribution is -2.34. The summed E-state index contributed by atoms with van der Waals surface area (Å²) in [5.74, 6) is 0.888. The van der Waals surface area contributed by atoms with Crippen LogP contribution in [0, 0.1) is 13.8 Å². The van der Waals surface area contributed by atoms with E-state index in [2.05, 4.69) is 42.9 Å². The van der Waals surface area contributed by atoms with Gasteiger partial charge in [0.2, 0.25) is 0 Å². The fraction of sp³-hybridized carbons (Fsp3) is 0.500. The number of benzene rings is 1. The van der Waals surface area contributed by atoms with E-state index >= 15 is 0 Å². The molecule has 17 heavy (non-hydrogen) atoms. The van der Waals surface area contributed by atoms with Crippen molar-refractivity contribution in [2.45, 2.75) is 46.1 Å². The Labute approximate surface area is 102 Å². The number of hydrogen-bond donors (Lipinski definition) is 2. The van der Waals surface area contributed by atoms with Crippen LogP contribution >= 0.6 is 0 Å². The van der Waals surface area contributed by atoms with Crippen LogP contribution in [0.2, 0.25) is 0 Å². The molecular formula is C14H21N3. The molecule has 0 saturated carbocycles. The number of imidazole rings is 1. The zero-order valence-corrected chi connectivity index (χ0v) is 11.1. The molecule has 0 radical (unpaired) electrons. The zero-order chi connectivity index (χ0) is 12.6. The molecule has 1 atom stereocenters. The lowest BCUT2D eigenvalue weighted by Gasteiger charge is -2.20. The summed E-state index contributed by atoms with van der Waals surface area (Å²) in [5.41, 5.74) is 10.6. The van der Waals surface area contributed by atoms with Crippen molar-refractivity contribution in [2.75, 3.05) is 0 Å². The Balaban J connectivity index is 2.51. The second-order valence-corrected chi connectivity index (χ2v) is 5.21. The molecule has 1 heterocycles. The summed E-state index contributed by atoms with van der Waals surface area (Å²) in [7, 11) is 0. The Kier molecular flexibility index (Phi) is 2.96. The Morgan fingerprint density at radius 2 is 1.94 bits per heavy atom. The van der Waals surface area contributed by atoms with E-state index < -0.39 is 0 Å². The predicted octanol–water partition coefficient (Wildman–Crippen LogP) is 3.15. The largest absolute Gasteiger partial charge is 0.340 e. The van der Waals surface area contributed by atoms with E-state index in [-0.39, 0.29) is 5.54 Å². The molecule has 3 nitrogen and oxygen atoms in total. The molecule has 0 aliphatic heterocycles. The van der Waals surface area contributed by atoms with Crippen molar-refractivity contribution in [1.29, 1.82) is 0 Å². The van der Waals surface area contributed by atoms with E-state index in [1.165, 1.54) is 11.1 Å². The molecule has 3 N–H and O–H groups in total. The van der Waals surface area contributed by atoms with Crippen molar-refractivity contribution < 1.29 is 0 Å². The predicted molar refractivity (Wildman–Crippen MR) is 72.0 cm³/mol. The number of rotatable bonds is 3. The van der Waals surface area contributed by atoms with Crippen LogP contribution in [0.1, 0.15) is 43.6 Å². The number of nitrogens with zero attached hydrogens (tertiary/aromatic N) is 1. The van der Waals surface area contributed by atoms with Crippen molar-refractivity contribution >= 4 is 11.0 Å². The molecular weight excluding hydrogens is 210 g/mol. The van der Waals surface area contributed by atoms with Crippen molar-refractivity contribution in [2.24, 2.45) is 5.73 Å². The summed E-state index contributed by atoms with van der Waals surface area (Å²) in [5, 5.41) is 0. The van der Waals surface area contributed by atoms with Crippen LogP contribution < -0.4 is 5.73 Å². The maximum Gasteiger partial charge on any atom is 0.127 e. The van der Waals surface area contributed by atoms with Crippen LogP contribution in [0.25, 0.3) is 11.0 Å². The molecule has 2 aromatic rings. The summed E-state index contributed by atoms with van der Waals surface area (Å²) >= 11 is 0. The van der Waals surface area contributed by atoms with Crippen molar-refractivity contribution in [3.8, 4) is 0 Å². The molecule has 1 unspecified atom stereocenters. The first kappa shape index (κ1) is 12.1. The van der Waals surface area contributed by atoms with Crippen LogP contribution in [0.5, 0.6) is 0 Å². The first-order valence-electron chi connectivity index (χ1n) is 6.20. The molecule has 0 aliphatic carbocycles. The van der Waals surface area contributed by atoms with Crippen LogP contribution in [0.3, 0.4) is 0 Å². The van der Waals surface area contributed by atoms with E-state index in [1.54, 1.807) is 0 Å². The molecule has 1 aromatic heterocycles. The third-order valence-electron chi connectivity index (χ3n) is 3.41. The van der Waals surface area contributed by atoms with Crippen LogP contribution in [-0.4, -0.2) is 9.97 Å². The first-order chi connectivity index (χ1) is 7.94. The Bertz CT molecular complexity index is 499. The molecule has 0 saturated heterocycles. The second-order valence-electron chi connectivity index (χ2n) is 5.21. The highest BCUT2D eigenvalue weighted by atomic mass is 15.0. The summed E-state index contributed by atoms with van der Waals surface area (Å²) in [6.45, 7) is 8.40. The van der Waals surface area contributed by atoms with Crippen molar-refractivity contribution in [1.82, 2.24) is 9.97 Å². The van der Waals surface area contributed by atoms with Gasteiger partial charge in [0.05, 0.1) is 16.6 Å². The highest BCUT2D eigenvalue weighted by molar-refractivity contribution is 5.77. The van der Waals surface area contributed by atoms with E-state index in [0.29, 0.717) is 0 Å². The third kappa shape index (κ3) is 2.20. The molecule has 0 spiro atoms. The zero-order valence-electron chi connectivity index (χ0n) is 11.1. The maximum atomic E-state index is 6.29. The summed E-state index contributed by atoms with van der Waals surface area (Å²) in [6.07, 6.45) is 1.99. The molecule has 0 amide bonds. The molecule has 0 fully saturated rings. The maximum absolute atomic E-state index is 6.29. The number of fused-ring (bicyclic) bond motifs is 1. The Hall–Kier alpha value is -1.35. The molecule has 3 heteroatoms. The topological polar surface area (TPSA) is 54.7 Å². The van der Waals surface area contributed by atoms with Crippen molar-refractivity contribution in [3.63, 3.8) is 0 Å². The average molecular weight is 231 g/mol. The lowest BCUT2D eigenvalue weighted by molar-refractivity contribution is 0.424. The van der Waals surface area contributed by atoms with Gasteiger partial charge in [0.15, 0.2) is 0 Å². The SMILES string of the molecule is CCCC(C)(N)c1nc2cc(C)c(C)cc2[nH]1. The van der Waals surface area contributed by atoms with Gasteiger partial charge in [0, 0.05) is 0 Å². The highest BCUT2D eigenvalue weighted by Crippen LogP contribution is 2.24. The van der Waals surface area contributed by atoms with E-state index in [4.69, 9.17) is 5.73 Å². The van der Waals surface area contributed by atoms with Gasteiger partial charge in [-0.3, -0.25) is 0 Å². The summed E-state index contributed by atoms with van der Waals surface area (Å²) < 4.78 is 0. The van der Waals surface area contributed by atoms with Gasteiger partial charge in [0.25, 0.3) is 0 Å². The van der Waals surface area contributed by atoms with Gasteiger partial charge >= 0.3 is 0 Å². The van der Waals surface area contributed by atoms with E-state index in [1.807, 2.05) is 6.92 Å². The minimum atomic E-state index is -0.365. The average Bonchev–Trinajstić information content (AvgIpc) is 2.62. The fourth-order valence-electron chi connectivity index (χ4n) is 2.18. The van der Waals surface area contributed by atoms with Crippen LogP contribution in [0.15, 0.2) is 12.1 Å². The first-order valence-corrected chi connectivity index (χ1v) is 6.20. The second kappa shape index (κ2) is 4.15. The number of hydrogen-bond acceptors (Lipinski definition) is 2. The van der Waals surface area contributed by atoms with Crippen LogP contribution in [-0.2, 0) is 5.54 Å². The monoisotopic (exact) mass is 231 g/mol. The minimum Gasteiger partial charge on any atom is -0.340 e. The molecule has 0 bridgehead atoms. The van der Waals surface area contributed by atoms with Crippen molar-refractivity contribution in [3.05, 3.63) is 29.1 Å². The lowest BCUT2D eigenvalue weighted by atomic mass is 9.97. The smallest absolute Gasteiger partial charge is 0.127 e. The van der Waals surface area contributed by atoms with Gasteiger partial charge in [-0.05, 0) is 50.5 Å². The molecule has 1 aromatic carbocycles. The van der Waals surface area contributed by atoms with Gasteiger partial charge in [-0.25, -0.2) is 4.98 Å². The highest BCUT2D eigenvalue weighted by Gasteiger charge is 2.23.